The van der Waals surface area contributed by atoms with Crippen LogP contribution < -0.4 is 18.5 Å². The first kappa shape index (κ1) is 41.7. The van der Waals surface area contributed by atoms with Gasteiger partial charge in [0, 0.05) is 45.0 Å². The summed E-state index contributed by atoms with van der Waals surface area (Å²) in [6.07, 6.45) is 7.06. The second-order valence-corrected chi connectivity index (χ2v) is 16.2. The highest BCUT2D eigenvalue weighted by molar-refractivity contribution is 7.92. The zero-order valence-corrected chi connectivity index (χ0v) is 32.2. The molecule has 0 aliphatic heterocycles. The lowest BCUT2D eigenvalue weighted by atomic mass is 10.0. The number of ether oxygens (including phenoxy) is 4. The monoisotopic (exact) mass is 815 g/mol. The number of carbonyl (C=O) groups is 1. The van der Waals surface area contributed by atoms with Crippen LogP contribution in [0.25, 0.3) is 0 Å². The molecular weight excluding hydrogens is 771 g/mol. The third-order valence-electron chi connectivity index (χ3n) is 9.02. The molecule has 1 aromatic heterocycles. The van der Waals surface area contributed by atoms with Gasteiger partial charge in [-0.3, -0.25) is 14.2 Å². The van der Waals surface area contributed by atoms with Crippen molar-refractivity contribution in [1.82, 2.24) is 9.88 Å². The summed E-state index contributed by atoms with van der Waals surface area (Å²) in [5.41, 5.74) is 1.13. The fraction of sp³-hybridized carbons (Fsp3) is 0.514. The van der Waals surface area contributed by atoms with Crippen LogP contribution in [0.4, 0.5) is 14.5 Å². The number of aromatic nitrogens is 1. The molecule has 0 spiro atoms. The normalized spacial score (nSPS) is 15.0. The number of alkyl halides is 2. The molecule has 2 saturated carbocycles. The van der Waals surface area contributed by atoms with Crippen LogP contribution in [0.5, 0.6) is 17.2 Å². The van der Waals surface area contributed by atoms with Gasteiger partial charge in [-0.15, -0.1) is 0 Å². The Morgan fingerprint density at radius 2 is 1.52 bits per heavy atom. The van der Waals surface area contributed by atoms with Crippen molar-refractivity contribution in [3.8, 4) is 17.2 Å². The Bertz CT molecular complexity index is 1810. The second-order valence-electron chi connectivity index (χ2n) is 13.4. The average Bonchev–Trinajstić information content (AvgIpc) is 4.06. The van der Waals surface area contributed by atoms with E-state index in [1.54, 1.807) is 0 Å². The van der Waals surface area contributed by atoms with Crippen LogP contribution in [0.15, 0.2) is 48.8 Å². The number of aliphatic hydroxyl groups excluding tert-OH is 2. The SMILES string of the molecule is CS(=O)(=O)N(CCCN(CCO)CCO)c1ccc(C(=O)O[C@@H](Cc2c(Cl)cncc2Cl)c2ccc(OC(F)F)c(OCC3CC3)c2)cc1OCC1CC1. The quantitative estimate of drug-likeness (QED) is 0.106. The summed E-state index contributed by atoms with van der Waals surface area (Å²) in [4.78, 5) is 19.8. The zero-order chi connectivity index (χ0) is 38.8. The number of pyridine rings is 1. The van der Waals surface area contributed by atoms with E-state index >= 15 is 0 Å². The van der Waals surface area contributed by atoms with Gasteiger partial charge in [0.15, 0.2) is 11.5 Å². The van der Waals surface area contributed by atoms with Gasteiger partial charge in [0.05, 0.1) is 54.0 Å². The van der Waals surface area contributed by atoms with E-state index in [0.717, 1.165) is 31.9 Å². The molecule has 5 rings (SSSR count). The number of hydrogen-bond donors (Lipinski definition) is 2. The number of nitrogens with zero attached hydrogens (tertiary/aromatic N) is 3. The number of hydrogen-bond acceptors (Lipinski definition) is 11. The van der Waals surface area contributed by atoms with E-state index in [1.165, 1.54) is 53.1 Å². The van der Waals surface area contributed by atoms with Crippen molar-refractivity contribution < 1.29 is 51.2 Å². The largest absolute Gasteiger partial charge is 0.491 e. The maximum atomic E-state index is 14.0. The van der Waals surface area contributed by atoms with E-state index in [0.29, 0.717) is 62.2 Å². The van der Waals surface area contributed by atoms with E-state index in [2.05, 4.69) is 4.98 Å². The van der Waals surface area contributed by atoms with Crippen LogP contribution in [0.3, 0.4) is 0 Å². The van der Waals surface area contributed by atoms with Crippen molar-refractivity contribution in [1.29, 1.82) is 0 Å². The van der Waals surface area contributed by atoms with Gasteiger partial charge < -0.3 is 29.2 Å². The van der Waals surface area contributed by atoms with Crippen LogP contribution in [-0.4, -0.2) is 100.0 Å². The summed E-state index contributed by atoms with van der Waals surface area (Å²) in [5, 5.41) is 19.2. The summed E-state index contributed by atoms with van der Waals surface area (Å²) < 4.78 is 76.8. The first-order valence-electron chi connectivity index (χ1n) is 17.7. The molecule has 2 aliphatic rings. The third kappa shape index (κ3) is 12.3. The Labute approximate surface area is 323 Å². The molecule has 54 heavy (non-hydrogen) atoms. The van der Waals surface area contributed by atoms with E-state index in [4.69, 9.17) is 42.1 Å². The van der Waals surface area contributed by atoms with Crippen molar-refractivity contribution in [3.63, 3.8) is 0 Å². The maximum Gasteiger partial charge on any atom is 0.387 e. The number of sulfonamides is 1. The lowest BCUT2D eigenvalue weighted by Crippen LogP contribution is -2.36. The number of rotatable bonds is 23. The Balaban J connectivity index is 1.45. The number of esters is 1. The summed E-state index contributed by atoms with van der Waals surface area (Å²) in [6.45, 7) is -1.53. The number of benzene rings is 2. The molecule has 0 amide bonds. The molecule has 1 atom stereocenters. The number of aliphatic hydroxyl groups is 2. The van der Waals surface area contributed by atoms with Crippen molar-refractivity contribution in [3.05, 3.63) is 75.5 Å². The highest BCUT2D eigenvalue weighted by Gasteiger charge is 2.29. The van der Waals surface area contributed by atoms with Crippen molar-refractivity contribution >= 4 is 44.9 Å². The summed E-state index contributed by atoms with van der Waals surface area (Å²) in [7, 11) is -3.82. The lowest BCUT2D eigenvalue weighted by molar-refractivity contribution is -0.0515. The molecule has 12 nitrogen and oxygen atoms in total. The Morgan fingerprint density at radius 1 is 0.889 bits per heavy atom. The minimum atomic E-state index is -3.82. The summed E-state index contributed by atoms with van der Waals surface area (Å²) in [5.74, 6) is -0.112. The molecule has 296 valence electrons. The molecule has 2 fully saturated rings. The predicted octanol–water partition coefficient (Wildman–Crippen LogP) is 6.15. The molecule has 3 aromatic rings. The molecule has 0 saturated heterocycles. The fourth-order valence-corrected chi connectivity index (χ4v) is 7.23. The van der Waals surface area contributed by atoms with Gasteiger partial charge in [-0.25, -0.2) is 13.2 Å². The smallest absolute Gasteiger partial charge is 0.387 e. The van der Waals surface area contributed by atoms with Gasteiger partial charge in [0.25, 0.3) is 0 Å². The number of anilines is 1. The van der Waals surface area contributed by atoms with Gasteiger partial charge in [-0.1, -0.05) is 29.3 Å². The molecular formula is C37H45Cl2F2N3O9S. The van der Waals surface area contributed by atoms with Crippen LogP contribution in [0, 0.1) is 11.8 Å². The fourth-order valence-electron chi connectivity index (χ4n) is 5.74. The number of carbonyl (C=O) groups excluding carboxylic acids is 1. The Hall–Kier alpha value is -3.47. The van der Waals surface area contributed by atoms with Gasteiger partial charge in [-0.05, 0) is 85.4 Å². The van der Waals surface area contributed by atoms with Crippen LogP contribution in [0.1, 0.15) is 59.7 Å². The topological polar surface area (TPSA) is 148 Å². The Morgan fingerprint density at radius 3 is 2.09 bits per heavy atom. The standard InChI is InChI=1S/C37H45Cl2F2N3O9S/c1-54(48,49)44(12-2-11-43(13-15-45)14-16-46)31-9-7-27(18-34(31)50-22-24-3-4-24)36(47)52-33(19-28-29(38)20-42-21-30(28)39)26-8-10-32(53-37(40)41)35(17-26)51-23-25-5-6-25/h7-10,17-18,20-21,24-25,33,37,45-46H,2-6,11-16,19,22-23H2,1H3/t33-/m0/s1. The van der Waals surface area contributed by atoms with E-state index in [1.807, 2.05) is 4.90 Å². The molecule has 0 radical (unpaired) electrons. The molecule has 17 heteroatoms. The molecule has 2 N–H and O–H groups in total. The number of halogens is 4. The predicted molar refractivity (Wildman–Crippen MR) is 199 cm³/mol. The molecule has 0 bridgehead atoms. The first-order chi connectivity index (χ1) is 25.9. The third-order valence-corrected chi connectivity index (χ3v) is 10.9. The van der Waals surface area contributed by atoms with E-state index < -0.39 is 28.7 Å². The highest BCUT2D eigenvalue weighted by Crippen LogP contribution is 2.39. The summed E-state index contributed by atoms with van der Waals surface area (Å²) in [6, 6.07) is 8.67. The minimum Gasteiger partial charge on any atom is -0.491 e. The van der Waals surface area contributed by atoms with Crippen LogP contribution in [-0.2, 0) is 21.2 Å². The summed E-state index contributed by atoms with van der Waals surface area (Å²) >= 11 is 12.9. The highest BCUT2D eigenvalue weighted by atomic mass is 35.5. The average molecular weight is 817 g/mol. The maximum absolute atomic E-state index is 14.0. The second kappa shape index (κ2) is 19.4. The van der Waals surface area contributed by atoms with Crippen molar-refractivity contribution in [2.24, 2.45) is 11.8 Å². The lowest BCUT2D eigenvalue weighted by Gasteiger charge is -2.27. The van der Waals surface area contributed by atoms with Gasteiger partial charge in [0.1, 0.15) is 11.9 Å². The first-order valence-corrected chi connectivity index (χ1v) is 20.4. The van der Waals surface area contributed by atoms with Gasteiger partial charge >= 0.3 is 12.6 Å². The van der Waals surface area contributed by atoms with Gasteiger partial charge in [0.2, 0.25) is 10.0 Å². The minimum absolute atomic E-state index is 0.0163. The molecule has 1 heterocycles. The molecule has 0 unspecified atom stereocenters. The van der Waals surface area contributed by atoms with E-state index in [9.17, 15) is 32.2 Å². The molecule has 2 aromatic carbocycles. The zero-order valence-electron chi connectivity index (χ0n) is 29.8. The van der Waals surface area contributed by atoms with Crippen molar-refractivity contribution in [2.45, 2.75) is 51.2 Å². The van der Waals surface area contributed by atoms with Gasteiger partial charge in [-0.2, -0.15) is 8.78 Å². The van der Waals surface area contributed by atoms with Crippen molar-refractivity contribution in [2.75, 3.05) is 63.2 Å². The molecule has 2 aliphatic carbocycles. The van der Waals surface area contributed by atoms with E-state index in [-0.39, 0.29) is 64.7 Å². The Kier molecular flexibility index (Phi) is 15.0. The van der Waals surface area contributed by atoms with Crippen LogP contribution >= 0.6 is 23.2 Å². The van der Waals surface area contributed by atoms with Crippen LogP contribution in [0.2, 0.25) is 10.0 Å².